The molecule has 0 spiro atoms. The van der Waals surface area contributed by atoms with Gasteiger partial charge < -0.3 is 9.47 Å². The van der Waals surface area contributed by atoms with E-state index < -0.39 is 22.4 Å². The van der Waals surface area contributed by atoms with Crippen LogP contribution in [0.1, 0.15) is 44.5 Å². The lowest BCUT2D eigenvalue weighted by Gasteiger charge is -2.41. The van der Waals surface area contributed by atoms with Gasteiger partial charge >= 0.3 is 0 Å². The molecular weight excluding hydrogens is 856 g/mol. The van der Waals surface area contributed by atoms with E-state index in [0.29, 0.717) is 0 Å². The normalized spacial score (nSPS) is 27.2. The maximum Gasteiger partial charge on any atom is 0.146 e. The van der Waals surface area contributed by atoms with Gasteiger partial charge in [0.1, 0.15) is 22.4 Å². The highest BCUT2D eigenvalue weighted by atomic mass is 79.9. The molecule has 0 fully saturated rings. The van der Waals surface area contributed by atoms with Gasteiger partial charge in [0, 0.05) is 51.3 Å². The van der Waals surface area contributed by atoms with Gasteiger partial charge in [-0.3, -0.25) is 0 Å². The van der Waals surface area contributed by atoms with Gasteiger partial charge in [-0.15, -0.1) is 0 Å². The monoisotopic (exact) mass is 876 g/mol. The van der Waals surface area contributed by atoms with E-state index in [1.807, 2.05) is 0 Å². The predicted molar refractivity (Wildman–Crippen MR) is 202 cm³/mol. The summed E-state index contributed by atoms with van der Waals surface area (Å²) in [6.45, 7) is 0. The largest absolute Gasteiger partial charge is 0.341 e. The number of benzene rings is 6. The average molecular weight is 880 g/mol. The second-order valence-electron chi connectivity index (χ2n) is 12.8. The van der Waals surface area contributed by atoms with Gasteiger partial charge in [0.2, 0.25) is 0 Å². The second kappa shape index (κ2) is 10.2. The molecule has 6 aromatic carbocycles. The van der Waals surface area contributed by atoms with Gasteiger partial charge in [-0.25, -0.2) is 0 Å². The van der Waals surface area contributed by atoms with E-state index in [4.69, 9.17) is 9.47 Å². The molecule has 6 heteroatoms. The first-order chi connectivity index (χ1) is 23.4. The molecule has 4 unspecified atom stereocenters. The van der Waals surface area contributed by atoms with Crippen molar-refractivity contribution in [3.8, 4) is 0 Å². The molecule has 4 aliphatic heterocycles. The number of halogens is 4. The third kappa shape index (κ3) is 3.40. The number of ether oxygens (including phenoxy) is 2. The molecule has 232 valence electrons. The molecule has 10 rings (SSSR count). The Labute approximate surface area is 312 Å². The summed E-state index contributed by atoms with van der Waals surface area (Å²) in [4.78, 5) is 0. The minimum atomic E-state index is -0.978. The average Bonchev–Trinajstić information content (AvgIpc) is 3.82. The van der Waals surface area contributed by atoms with Crippen molar-refractivity contribution in [2.75, 3.05) is 0 Å². The van der Waals surface area contributed by atoms with Crippen molar-refractivity contribution in [2.45, 2.75) is 22.4 Å². The molecule has 0 aliphatic carbocycles. The standard InChI is InChI=1S/C42H24Br4O2/c43-33-21-29-30(22-34(33)44)41(27-17-9-3-10-18-27)38-37(39(29,47-41)25-13-5-1-6-14-25)40(26-15-7-2-8-16-26)31-23-35(45)36(46)24-32(31)42(38,48-40)28-19-11-4-12-20-28/h1-24H. The minimum absolute atomic E-state index is 0.973. The van der Waals surface area contributed by atoms with Crippen LogP contribution in [0.4, 0.5) is 0 Å². The molecule has 4 heterocycles. The third-order valence-corrected chi connectivity index (χ3v) is 14.3. The lowest BCUT2D eigenvalue weighted by atomic mass is 9.56. The third-order valence-electron chi connectivity index (χ3n) is 10.6. The van der Waals surface area contributed by atoms with Crippen LogP contribution in [0.25, 0.3) is 0 Å². The summed E-state index contributed by atoms with van der Waals surface area (Å²) in [5.41, 5.74) is 7.05. The lowest BCUT2D eigenvalue weighted by Crippen LogP contribution is -2.40. The van der Waals surface area contributed by atoms with Gasteiger partial charge in [-0.2, -0.15) is 0 Å². The fraction of sp³-hybridized carbons (Fsp3) is 0.0952. The van der Waals surface area contributed by atoms with Crippen LogP contribution < -0.4 is 0 Å². The Hall–Kier alpha value is -3.10. The molecule has 4 atom stereocenters. The van der Waals surface area contributed by atoms with E-state index in [0.717, 1.165) is 73.5 Å². The summed E-state index contributed by atoms with van der Waals surface area (Å²) in [7, 11) is 0. The molecule has 6 aromatic rings. The maximum atomic E-state index is 8.01. The topological polar surface area (TPSA) is 18.5 Å². The van der Waals surface area contributed by atoms with Crippen LogP contribution in [0.5, 0.6) is 0 Å². The highest BCUT2D eigenvalue weighted by Gasteiger charge is 2.81. The molecule has 4 bridgehead atoms. The zero-order chi connectivity index (χ0) is 32.5. The lowest BCUT2D eigenvalue weighted by molar-refractivity contribution is -0.108. The Kier molecular flexibility index (Phi) is 6.34. The van der Waals surface area contributed by atoms with Crippen molar-refractivity contribution < 1.29 is 9.47 Å². The fourth-order valence-corrected chi connectivity index (χ4v) is 10.4. The van der Waals surface area contributed by atoms with Crippen molar-refractivity contribution in [3.63, 3.8) is 0 Å². The molecule has 2 nitrogen and oxygen atoms in total. The molecule has 48 heavy (non-hydrogen) atoms. The van der Waals surface area contributed by atoms with Crippen LogP contribution in [0.2, 0.25) is 0 Å². The van der Waals surface area contributed by atoms with Crippen LogP contribution >= 0.6 is 63.7 Å². The predicted octanol–water partition coefficient (Wildman–Crippen LogP) is 11.8. The molecular formula is C42H24Br4O2. The van der Waals surface area contributed by atoms with Gasteiger partial charge in [-0.05, 0) is 110 Å². The van der Waals surface area contributed by atoms with Crippen molar-refractivity contribution in [1.29, 1.82) is 0 Å². The molecule has 0 saturated carbocycles. The van der Waals surface area contributed by atoms with Crippen LogP contribution in [0, 0.1) is 0 Å². The number of hydrogen-bond acceptors (Lipinski definition) is 2. The fourth-order valence-electron chi connectivity index (χ4n) is 9.01. The Morgan fingerprint density at radius 3 is 0.729 bits per heavy atom. The highest BCUT2D eigenvalue weighted by molar-refractivity contribution is 9.13. The summed E-state index contributed by atoms with van der Waals surface area (Å²) in [5, 5.41) is 0. The van der Waals surface area contributed by atoms with E-state index in [1.165, 1.54) is 0 Å². The molecule has 0 N–H and O–H groups in total. The van der Waals surface area contributed by atoms with Crippen molar-refractivity contribution in [2.24, 2.45) is 0 Å². The van der Waals surface area contributed by atoms with Crippen molar-refractivity contribution in [1.82, 2.24) is 0 Å². The summed E-state index contributed by atoms with van der Waals surface area (Å²) < 4.78 is 19.9. The summed E-state index contributed by atoms with van der Waals surface area (Å²) in [6.07, 6.45) is 0. The smallest absolute Gasteiger partial charge is 0.146 e. The molecule has 0 amide bonds. The van der Waals surface area contributed by atoms with E-state index in [-0.39, 0.29) is 0 Å². The number of fused-ring (bicyclic) bond motifs is 14. The zero-order valence-electron chi connectivity index (χ0n) is 25.2. The highest BCUT2D eigenvalue weighted by Crippen LogP contribution is 2.81. The Balaban J connectivity index is 1.49. The van der Waals surface area contributed by atoms with Crippen LogP contribution in [-0.2, 0) is 31.9 Å². The SMILES string of the molecule is Brc1cc2c(cc1Br)C1(c3ccccc3)OC2(c2ccccc2)C2=C1C1(c3ccccc3)OC2(c2ccccc2)c2cc(Br)c(Br)cc21. The van der Waals surface area contributed by atoms with Crippen LogP contribution in [0.3, 0.4) is 0 Å². The Morgan fingerprint density at radius 2 is 0.521 bits per heavy atom. The van der Waals surface area contributed by atoms with Crippen LogP contribution in [-0.4, -0.2) is 0 Å². The van der Waals surface area contributed by atoms with Gasteiger partial charge in [-0.1, -0.05) is 121 Å². The molecule has 0 aromatic heterocycles. The molecule has 0 saturated heterocycles. The van der Waals surface area contributed by atoms with Crippen molar-refractivity contribution >= 4 is 63.7 Å². The summed E-state index contributed by atoms with van der Waals surface area (Å²) >= 11 is 15.6. The van der Waals surface area contributed by atoms with Crippen molar-refractivity contribution in [3.05, 3.63) is 219 Å². The first-order valence-electron chi connectivity index (χ1n) is 15.8. The van der Waals surface area contributed by atoms with Gasteiger partial charge in [0.25, 0.3) is 0 Å². The van der Waals surface area contributed by atoms with E-state index >= 15 is 0 Å². The van der Waals surface area contributed by atoms with E-state index in [9.17, 15) is 0 Å². The minimum Gasteiger partial charge on any atom is -0.341 e. The maximum absolute atomic E-state index is 8.01. The first kappa shape index (κ1) is 29.8. The summed E-state index contributed by atoms with van der Waals surface area (Å²) in [5.74, 6) is 0. The quantitative estimate of drug-likeness (QED) is 0.164. The van der Waals surface area contributed by atoms with E-state index in [1.54, 1.807) is 0 Å². The Bertz CT molecular complexity index is 2020. The summed E-state index contributed by atoms with van der Waals surface area (Å²) in [6, 6.07) is 51.8. The van der Waals surface area contributed by atoms with Gasteiger partial charge in [0.15, 0.2) is 0 Å². The molecule has 4 aliphatic rings. The van der Waals surface area contributed by atoms with E-state index in [2.05, 4.69) is 209 Å². The number of hydrogen-bond donors (Lipinski definition) is 0. The zero-order valence-corrected chi connectivity index (χ0v) is 31.5. The first-order valence-corrected chi connectivity index (χ1v) is 18.9. The molecule has 0 radical (unpaired) electrons. The second-order valence-corrected chi connectivity index (χ2v) is 16.2. The van der Waals surface area contributed by atoms with Gasteiger partial charge in [0.05, 0.1) is 0 Å². The van der Waals surface area contributed by atoms with Crippen LogP contribution in [0.15, 0.2) is 175 Å². The number of rotatable bonds is 4. The Morgan fingerprint density at radius 1 is 0.312 bits per heavy atom.